The number of rotatable bonds is 7. The second-order valence-corrected chi connectivity index (χ2v) is 6.73. The monoisotopic (exact) mass is 309 g/mol. The van der Waals surface area contributed by atoms with Crippen molar-refractivity contribution in [3.63, 3.8) is 0 Å². The quantitative estimate of drug-likeness (QED) is 0.758. The molecule has 0 aromatic heterocycles. The summed E-state index contributed by atoms with van der Waals surface area (Å²) in [5, 5.41) is 0. The van der Waals surface area contributed by atoms with E-state index >= 15 is 0 Å². The van der Waals surface area contributed by atoms with Gasteiger partial charge in [0.25, 0.3) is 5.91 Å². The molecule has 1 aromatic rings. The van der Waals surface area contributed by atoms with Crippen molar-refractivity contribution in [2.24, 2.45) is 11.8 Å². The van der Waals surface area contributed by atoms with E-state index in [9.17, 15) is 9.18 Å². The smallest absolute Gasteiger partial charge is 0.266 e. The van der Waals surface area contributed by atoms with E-state index in [1.165, 1.54) is 12.1 Å². The molecule has 1 aromatic carbocycles. The second-order valence-electron chi connectivity index (χ2n) is 6.73. The van der Waals surface area contributed by atoms with Crippen molar-refractivity contribution >= 4 is 5.91 Å². The van der Waals surface area contributed by atoms with Crippen molar-refractivity contribution < 1.29 is 13.9 Å². The molecule has 22 heavy (non-hydrogen) atoms. The maximum absolute atomic E-state index is 13.0. The summed E-state index contributed by atoms with van der Waals surface area (Å²) in [6.07, 6.45) is 0.951. The van der Waals surface area contributed by atoms with Gasteiger partial charge in [-0.05, 0) is 43.5 Å². The number of likely N-dealkylation sites (N-methyl/N-ethyl adjacent to an activating group) is 1. The van der Waals surface area contributed by atoms with Gasteiger partial charge in [0.15, 0.2) is 5.60 Å². The first-order valence-electron chi connectivity index (χ1n) is 7.87. The Kier molecular flexibility index (Phi) is 6.39. The van der Waals surface area contributed by atoms with Gasteiger partial charge in [-0.15, -0.1) is 0 Å². The summed E-state index contributed by atoms with van der Waals surface area (Å²) in [5.74, 6) is 0.666. The average Bonchev–Trinajstić information content (AvgIpc) is 2.46. The third kappa shape index (κ3) is 4.72. The van der Waals surface area contributed by atoms with Crippen LogP contribution in [0.4, 0.5) is 4.39 Å². The summed E-state index contributed by atoms with van der Waals surface area (Å²) in [5.41, 5.74) is -0.969. The molecule has 3 nitrogen and oxygen atoms in total. The van der Waals surface area contributed by atoms with Crippen LogP contribution in [-0.4, -0.2) is 30.0 Å². The lowest BCUT2D eigenvalue weighted by Gasteiger charge is -2.36. The Morgan fingerprint density at radius 3 is 2.23 bits per heavy atom. The highest BCUT2D eigenvalue weighted by Crippen LogP contribution is 2.27. The van der Waals surface area contributed by atoms with E-state index < -0.39 is 5.60 Å². The molecule has 0 radical (unpaired) electrons. The molecule has 1 atom stereocenters. The predicted molar refractivity (Wildman–Crippen MR) is 87.4 cm³/mol. The van der Waals surface area contributed by atoms with E-state index in [0.717, 1.165) is 6.42 Å². The predicted octanol–water partition coefficient (Wildman–Crippen LogP) is 4.12. The summed E-state index contributed by atoms with van der Waals surface area (Å²) in [4.78, 5) is 14.5. The zero-order chi connectivity index (χ0) is 16.9. The Labute approximate surface area is 133 Å². The SMILES string of the molecule is CC(C)CCN(C)C(=O)C(C)(Oc1ccc(F)cc1)C(C)C. The summed E-state index contributed by atoms with van der Waals surface area (Å²) < 4.78 is 19.0. The van der Waals surface area contributed by atoms with Crippen molar-refractivity contribution in [1.29, 1.82) is 0 Å². The van der Waals surface area contributed by atoms with Crippen molar-refractivity contribution in [1.82, 2.24) is 4.90 Å². The van der Waals surface area contributed by atoms with E-state index in [1.807, 2.05) is 13.8 Å². The van der Waals surface area contributed by atoms with Gasteiger partial charge in [-0.2, -0.15) is 0 Å². The van der Waals surface area contributed by atoms with Crippen LogP contribution in [0.3, 0.4) is 0 Å². The number of halogens is 1. The van der Waals surface area contributed by atoms with Gasteiger partial charge in [-0.3, -0.25) is 4.79 Å². The van der Waals surface area contributed by atoms with Gasteiger partial charge < -0.3 is 9.64 Å². The Balaban J connectivity index is 2.89. The van der Waals surface area contributed by atoms with Crippen LogP contribution in [0.5, 0.6) is 5.75 Å². The summed E-state index contributed by atoms with van der Waals surface area (Å²) in [6.45, 7) is 10.7. The zero-order valence-corrected chi connectivity index (χ0v) is 14.5. The highest BCUT2D eigenvalue weighted by atomic mass is 19.1. The standard InChI is InChI=1S/C18H28FNO2/c1-13(2)11-12-20(6)17(21)18(5,14(3)4)22-16-9-7-15(19)8-10-16/h7-10,13-14H,11-12H2,1-6H3. The first-order chi connectivity index (χ1) is 10.2. The number of hydrogen-bond acceptors (Lipinski definition) is 2. The maximum atomic E-state index is 13.0. The van der Waals surface area contributed by atoms with Crippen LogP contribution >= 0.6 is 0 Å². The molecule has 1 unspecified atom stereocenters. The number of nitrogens with zero attached hydrogens (tertiary/aromatic N) is 1. The van der Waals surface area contributed by atoms with E-state index in [0.29, 0.717) is 18.2 Å². The van der Waals surface area contributed by atoms with Gasteiger partial charge in [0.1, 0.15) is 11.6 Å². The number of ether oxygens (including phenoxy) is 1. The second kappa shape index (κ2) is 7.61. The fourth-order valence-electron chi connectivity index (χ4n) is 2.09. The highest BCUT2D eigenvalue weighted by molar-refractivity contribution is 5.85. The highest BCUT2D eigenvalue weighted by Gasteiger charge is 2.41. The lowest BCUT2D eigenvalue weighted by molar-refractivity contribution is -0.149. The van der Waals surface area contributed by atoms with Gasteiger partial charge in [-0.25, -0.2) is 4.39 Å². The largest absolute Gasteiger partial charge is 0.477 e. The minimum Gasteiger partial charge on any atom is -0.477 e. The van der Waals surface area contributed by atoms with Crippen LogP contribution in [0.25, 0.3) is 0 Å². The van der Waals surface area contributed by atoms with E-state index in [1.54, 1.807) is 31.0 Å². The maximum Gasteiger partial charge on any atom is 0.266 e. The molecule has 0 spiro atoms. The van der Waals surface area contributed by atoms with Crippen molar-refractivity contribution in [2.45, 2.75) is 46.6 Å². The van der Waals surface area contributed by atoms with E-state index in [-0.39, 0.29) is 17.6 Å². The Hall–Kier alpha value is -1.58. The van der Waals surface area contributed by atoms with Gasteiger partial charge >= 0.3 is 0 Å². The molecule has 0 aliphatic carbocycles. The molecule has 1 amide bonds. The van der Waals surface area contributed by atoms with Gasteiger partial charge in [-0.1, -0.05) is 27.7 Å². The van der Waals surface area contributed by atoms with E-state index in [4.69, 9.17) is 4.74 Å². The molecule has 1 rings (SSSR count). The van der Waals surface area contributed by atoms with Crippen molar-refractivity contribution in [3.05, 3.63) is 30.1 Å². The Bertz CT molecular complexity index is 484. The normalized spacial score (nSPS) is 14.0. The van der Waals surface area contributed by atoms with Crippen LogP contribution in [0.1, 0.15) is 41.0 Å². The summed E-state index contributed by atoms with van der Waals surface area (Å²) in [7, 11) is 1.80. The molecule has 0 aliphatic heterocycles. The molecule has 4 heteroatoms. The molecular formula is C18H28FNO2. The number of carbonyl (C=O) groups excluding carboxylic acids is 1. The Morgan fingerprint density at radius 2 is 1.77 bits per heavy atom. The molecule has 0 fully saturated rings. The number of benzene rings is 1. The molecule has 0 aliphatic rings. The van der Waals surface area contributed by atoms with Crippen LogP contribution < -0.4 is 4.74 Å². The van der Waals surface area contributed by atoms with Crippen LogP contribution in [0.15, 0.2) is 24.3 Å². The van der Waals surface area contributed by atoms with Crippen molar-refractivity contribution in [3.8, 4) is 5.75 Å². The molecular weight excluding hydrogens is 281 g/mol. The van der Waals surface area contributed by atoms with E-state index in [2.05, 4.69) is 13.8 Å². The summed E-state index contributed by atoms with van der Waals surface area (Å²) >= 11 is 0. The number of hydrogen-bond donors (Lipinski definition) is 0. The van der Waals surface area contributed by atoms with Crippen LogP contribution in [-0.2, 0) is 4.79 Å². The van der Waals surface area contributed by atoms with Crippen LogP contribution in [0.2, 0.25) is 0 Å². The molecule has 124 valence electrons. The third-order valence-electron chi connectivity index (χ3n) is 4.06. The van der Waals surface area contributed by atoms with Crippen molar-refractivity contribution in [2.75, 3.05) is 13.6 Å². The average molecular weight is 309 g/mol. The summed E-state index contributed by atoms with van der Waals surface area (Å²) in [6, 6.07) is 5.78. The lowest BCUT2D eigenvalue weighted by Crippen LogP contribution is -2.53. The lowest BCUT2D eigenvalue weighted by atomic mass is 9.90. The molecule has 0 saturated carbocycles. The van der Waals surface area contributed by atoms with Gasteiger partial charge in [0, 0.05) is 19.5 Å². The fraction of sp³-hybridized carbons (Fsp3) is 0.611. The molecule has 0 N–H and O–H groups in total. The first-order valence-corrected chi connectivity index (χ1v) is 7.87. The van der Waals surface area contributed by atoms with Gasteiger partial charge in [0.2, 0.25) is 0 Å². The fourth-order valence-corrected chi connectivity index (χ4v) is 2.09. The topological polar surface area (TPSA) is 29.5 Å². The molecule has 0 heterocycles. The zero-order valence-electron chi connectivity index (χ0n) is 14.5. The first kappa shape index (κ1) is 18.5. The van der Waals surface area contributed by atoms with Crippen LogP contribution in [0, 0.1) is 17.7 Å². The number of carbonyl (C=O) groups is 1. The number of amides is 1. The minimum absolute atomic E-state index is 0.00782. The third-order valence-corrected chi connectivity index (χ3v) is 4.06. The molecule has 0 saturated heterocycles. The Morgan fingerprint density at radius 1 is 1.23 bits per heavy atom. The van der Waals surface area contributed by atoms with Gasteiger partial charge in [0.05, 0.1) is 0 Å². The minimum atomic E-state index is -0.969. The molecule has 0 bridgehead atoms.